The van der Waals surface area contributed by atoms with Gasteiger partial charge in [0.05, 0.1) is 11.3 Å². The molecule has 0 amide bonds. The van der Waals surface area contributed by atoms with Crippen molar-refractivity contribution in [3.05, 3.63) is 70.7 Å². The van der Waals surface area contributed by atoms with E-state index < -0.39 is 34.6 Å². The number of aliphatic hydroxyl groups is 1. The predicted molar refractivity (Wildman–Crippen MR) is 150 cm³/mol. The normalized spacial score (nSPS) is 23.3. The molecule has 12 heteroatoms. The topological polar surface area (TPSA) is 162 Å². The molecule has 3 heterocycles. The van der Waals surface area contributed by atoms with Gasteiger partial charge in [0.15, 0.2) is 17.6 Å². The zero-order chi connectivity index (χ0) is 29.7. The lowest BCUT2D eigenvalue weighted by Gasteiger charge is -2.47. The number of aromatic nitrogens is 4. The second-order valence-electron chi connectivity index (χ2n) is 11.1. The van der Waals surface area contributed by atoms with Crippen LogP contribution in [0.4, 0.5) is 5.69 Å². The molecule has 3 unspecified atom stereocenters. The summed E-state index contributed by atoms with van der Waals surface area (Å²) in [6, 6.07) is 13.9. The number of carboxylic acid groups (broad SMARTS) is 1. The molecule has 0 aliphatic carbocycles. The second-order valence-corrected chi connectivity index (χ2v) is 11.1. The van der Waals surface area contributed by atoms with Crippen LogP contribution in [0.1, 0.15) is 52.1 Å². The van der Waals surface area contributed by atoms with Gasteiger partial charge in [-0.1, -0.05) is 49.7 Å². The van der Waals surface area contributed by atoms with E-state index >= 15 is 0 Å². The molecule has 12 nitrogen and oxygen atoms in total. The van der Waals surface area contributed by atoms with E-state index in [2.05, 4.69) is 20.6 Å². The first-order chi connectivity index (χ1) is 19.4. The number of tetrazole rings is 1. The number of nitrogens with one attached hydrogen (secondary N) is 1. The summed E-state index contributed by atoms with van der Waals surface area (Å²) < 4.78 is 10.7. The molecule has 3 N–H and O–H groups in total. The van der Waals surface area contributed by atoms with Gasteiger partial charge >= 0.3 is 11.8 Å². The molecule has 0 bridgehead atoms. The summed E-state index contributed by atoms with van der Waals surface area (Å²) in [4.78, 5) is 29.2. The molecule has 4 aromatic rings. The molecule has 1 fully saturated rings. The highest BCUT2D eigenvalue weighted by atomic mass is 16.6. The largest absolute Gasteiger partial charge is 0.519 e. The lowest BCUT2D eigenvalue weighted by molar-refractivity contribution is -0.152. The minimum Gasteiger partial charge on any atom is -0.480 e. The van der Waals surface area contributed by atoms with Gasteiger partial charge in [-0.25, -0.2) is 14.7 Å². The summed E-state index contributed by atoms with van der Waals surface area (Å²) in [6.07, 6.45) is 1.27. The van der Waals surface area contributed by atoms with Crippen molar-refractivity contribution in [1.82, 2.24) is 25.5 Å². The van der Waals surface area contributed by atoms with E-state index in [1.54, 1.807) is 11.9 Å². The van der Waals surface area contributed by atoms with E-state index in [9.17, 15) is 19.8 Å². The fraction of sp³-hybridized carbons (Fsp3) is 0.414. The maximum atomic E-state index is 13.3. The Morgan fingerprint density at radius 2 is 1.78 bits per heavy atom. The van der Waals surface area contributed by atoms with Gasteiger partial charge < -0.3 is 23.9 Å². The van der Waals surface area contributed by atoms with Gasteiger partial charge in [0.25, 0.3) is 0 Å². The molecule has 2 aromatic heterocycles. The Hall–Kier alpha value is -4.29. The Kier molecular flexibility index (Phi) is 6.86. The van der Waals surface area contributed by atoms with Crippen LogP contribution < -0.4 is 10.7 Å². The van der Waals surface area contributed by atoms with Crippen LogP contribution in [-0.2, 0) is 10.3 Å². The number of hydrogen-bond acceptors (Lipinski definition) is 10. The molecule has 1 aliphatic heterocycles. The Labute approximate surface area is 236 Å². The molecule has 2 aromatic carbocycles. The van der Waals surface area contributed by atoms with E-state index in [0.717, 1.165) is 23.1 Å². The number of benzene rings is 2. The Bertz CT molecular complexity index is 1610. The molecular formula is C29H34N6O6. The van der Waals surface area contributed by atoms with Crippen LogP contribution in [0.3, 0.4) is 0 Å². The number of aryl methyl sites for hydroxylation is 1. The Balaban J connectivity index is 1.71. The summed E-state index contributed by atoms with van der Waals surface area (Å²) in [7, 11) is 1.76. The fourth-order valence-electron chi connectivity index (χ4n) is 6.68. The lowest BCUT2D eigenvalue weighted by atomic mass is 9.73. The van der Waals surface area contributed by atoms with Crippen LogP contribution in [0, 0.1) is 6.92 Å². The molecule has 0 radical (unpaired) electrons. The predicted octanol–water partition coefficient (Wildman–Crippen LogP) is 3.78. The minimum absolute atomic E-state index is 0.0130. The number of nitrogens with zero attached hydrogens (tertiary/aromatic N) is 5. The number of carboxylic acids is 1. The van der Waals surface area contributed by atoms with Gasteiger partial charge in [-0.05, 0) is 74.8 Å². The highest BCUT2D eigenvalue weighted by Gasteiger charge is 2.72. The summed E-state index contributed by atoms with van der Waals surface area (Å²) in [6.45, 7) is 8.54. The number of aromatic amines is 1. The standard InChI is InChI=1S/C29H34N6O6/c1-7-16-28(5)34(6)29(27(3,4)39,23-17(2)40-26(38)41-23)22(25(36)37)35(28)19-14-12-18(13-15-19)20-10-8-9-11-21(20)24-30-32-33-31-24/h8-15,22,39H,7,16H2,1-6H3,(H,36,37)(H,30,31,32,33). The van der Waals surface area contributed by atoms with Crippen LogP contribution in [0.25, 0.3) is 22.5 Å². The van der Waals surface area contributed by atoms with E-state index in [4.69, 9.17) is 8.83 Å². The second kappa shape index (κ2) is 9.96. The SMILES string of the molecule is CCCC1(C)N(c2ccc(-c3ccccc3-c3nnn[nH]3)cc2)C(C(=O)O)C(c2oc(=O)oc2C)(C(C)(C)O)N1C. The van der Waals surface area contributed by atoms with Crippen molar-refractivity contribution >= 4 is 11.7 Å². The lowest BCUT2D eigenvalue weighted by Crippen LogP contribution is -2.64. The maximum absolute atomic E-state index is 13.3. The summed E-state index contributed by atoms with van der Waals surface area (Å²) in [5.41, 5.74) is -1.08. The third-order valence-electron chi connectivity index (χ3n) is 8.39. The molecule has 0 spiro atoms. The average molecular weight is 563 g/mol. The quantitative estimate of drug-likeness (QED) is 0.286. The Morgan fingerprint density at radius 1 is 1.12 bits per heavy atom. The van der Waals surface area contributed by atoms with Crippen molar-refractivity contribution in [2.45, 2.75) is 70.3 Å². The molecule has 5 rings (SSSR count). The average Bonchev–Trinajstić information content (AvgIpc) is 3.61. The van der Waals surface area contributed by atoms with Crippen LogP contribution in [0.15, 0.2) is 62.2 Å². The van der Waals surface area contributed by atoms with Crippen molar-refractivity contribution in [2.75, 3.05) is 11.9 Å². The van der Waals surface area contributed by atoms with Crippen molar-refractivity contribution in [1.29, 1.82) is 0 Å². The van der Waals surface area contributed by atoms with Crippen molar-refractivity contribution in [3.8, 4) is 22.5 Å². The smallest absolute Gasteiger partial charge is 0.480 e. The highest BCUT2D eigenvalue weighted by Crippen LogP contribution is 2.56. The van der Waals surface area contributed by atoms with Gasteiger partial charge in [-0.3, -0.25) is 4.90 Å². The molecule has 0 saturated carbocycles. The van der Waals surface area contributed by atoms with Crippen LogP contribution >= 0.6 is 0 Å². The molecular weight excluding hydrogens is 528 g/mol. The Morgan fingerprint density at radius 3 is 2.29 bits per heavy atom. The fourth-order valence-corrected chi connectivity index (χ4v) is 6.68. The molecule has 216 valence electrons. The monoisotopic (exact) mass is 562 g/mol. The van der Waals surface area contributed by atoms with Gasteiger partial charge in [0.1, 0.15) is 11.3 Å². The van der Waals surface area contributed by atoms with Gasteiger partial charge in [0.2, 0.25) is 0 Å². The highest BCUT2D eigenvalue weighted by molar-refractivity contribution is 5.85. The van der Waals surface area contributed by atoms with E-state index in [0.29, 0.717) is 17.9 Å². The van der Waals surface area contributed by atoms with Crippen molar-refractivity contribution in [3.63, 3.8) is 0 Å². The van der Waals surface area contributed by atoms with E-state index in [1.807, 2.05) is 67.3 Å². The molecule has 1 aliphatic rings. The zero-order valence-corrected chi connectivity index (χ0v) is 23.9. The molecule has 41 heavy (non-hydrogen) atoms. The number of hydrogen-bond donors (Lipinski definition) is 3. The van der Waals surface area contributed by atoms with Crippen molar-refractivity contribution < 1.29 is 23.8 Å². The zero-order valence-electron chi connectivity index (χ0n) is 23.9. The van der Waals surface area contributed by atoms with Crippen molar-refractivity contribution in [2.24, 2.45) is 0 Å². The van der Waals surface area contributed by atoms with Gasteiger partial charge in [-0.15, -0.1) is 5.10 Å². The van der Waals surface area contributed by atoms with Crippen LogP contribution in [-0.4, -0.2) is 66.1 Å². The molecule has 3 atom stereocenters. The number of likely N-dealkylation sites (N-methyl/N-ethyl adjacent to an activating group) is 1. The first-order valence-electron chi connectivity index (χ1n) is 13.4. The third-order valence-corrected chi connectivity index (χ3v) is 8.39. The minimum atomic E-state index is -1.69. The van der Waals surface area contributed by atoms with Crippen LogP contribution in [0.5, 0.6) is 0 Å². The first kappa shape index (κ1) is 28.2. The number of H-pyrrole nitrogens is 1. The number of rotatable bonds is 8. The summed E-state index contributed by atoms with van der Waals surface area (Å²) in [5.74, 6) is -1.52. The summed E-state index contributed by atoms with van der Waals surface area (Å²) in [5, 5.41) is 36.8. The number of anilines is 1. The number of aliphatic carboxylic acids is 1. The maximum Gasteiger partial charge on any atom is 0.519 e. The van der Waals surface area contributed by atoms with E-state index in [-0.39, 0.29) is 11.5 Å². The van der Waals surface area contributed by atoms with Crippen LogP contribution in [0.2, 0.25) is 0 Å². The third kappa shape index (κ3) is 4.16. The van der Waals surface area contributed by atoms with Gasteiger partial charge in [-0.2, -0.15) is 0 Å². The summed E-state index contributed by atoms with van der Waals surface area (Å²) >= 11 is 0. The first-order valence-corrected chi connectivity index (χ1v) is 13.4. The molecule has 1 saturated heterocycles. The number of carbonyl (C=O) groups is 1. The van der Waals surface area contributed by atoms with Gasteiger partial charge in [0, 0.05) is 11.3 Å². The van der Waals surface area contributed by atoms with E-state index in [1.165, 1.54) is 20.8 Å².